The van der Waals surface area contributed by atoms with Crippen LogP contribution in [0.15, 0.2) is 36.4 Å². The molecular formula is C23H32N2O3S. The molecule has 1 saturated heterocycles. The molecule has 2 bridgehead atoms. The highest BCUT2D eigenvalue weighted by molar-refractivity contribution is 7.89. The zero-order chi connectivity index (χ0) is 20.7. The normalized spacial score (nSPS) is 30.4. The van der Waals surface area contributed by atoms with Crippen molar-refractivity contribution < 1.29 is 13.2 Å². The Hall–Kier alpha value is -1.50. The molecule has 1 aliphatic heterocycles. The van der Waals surface area contributed by atoms with Crippen molar-refractivity contribution >= 4 is 21.9 Å². The van der Waals surface area contributed by atoms with Crippen LogP contribution >= 0.6 is 0 Å². The van der Waals surface area contributed by atoms with Gasteiger partial charge in [-0.25, -0.2) is 8.42 Å². The maximum absolute atomic E-state index is 13.2. The summed E-state index contributed by atoms with van der Waals surface area (Å²) in [5.74, 6) is 0.515. The fraction of sp³-hybridized carbons (Fsp3) is 0.609. The molecule has 1 aromatic carbocycles. The Labute approximate surface area is 174 Å². The first-order chi connectivity index (χ1) is 13.7. The standard InChI is InChI=1S/C23H32N2O3S/c1-22(2)20-10-11-23(22,21(26)17-20)18-29(27,28)25-15-13-24(14-16-25)12-6-9-19-7-4-3-5-8-19/h3-9,20H,10-18H2,1-2H3/t20-,23?/m0/s1. The van der Waals surface area contributed by atoms with Crippen LogP contribution in [0.2, 0.25) is 0 Å². The molecule has 29 heavy (non-hydrogen) atoms. The van der Waals surface area contributed by atoms with Gasteiger partial charge in [-0.3, -0.25) is 9.69 Å². The van der Waals surface area contributed by atoms with E-state index in [-0.39, 0.29) is 17.0 Å². The minimum Gasteiger partial charge on any atom is -0.299 e. The minimum atomic E-state index is -3.43. The summed E-state index contributed by atoms with van der Waals surface area (Å²) in [5.41, 5.74) is 0.291. The summed E-state index contributed by atoms with van der Waals surface area (Å²) in [5, 5.41) is 0. The number of piperazine rings is 1. The number of hydrogen-bond donors (Lipinski definition) is 0. The summed E-state index contributed by atoms with van der Waals surface area (Å²) in [6.07, 6.45) is 6.51. The fourth-order valence-electron chi connectivity index (χ4n) is 5.60. The van der Waals surface area contributed by atoms with E-state index in [1.165, 1.54) is 5.56 Å². The van der Waals surface area contributed by atoms with Gasteiger partial charge in [0.1, 0.15) is 5.78 Å². The van der Waals surface area contributed by atoms with Crippen LogP contribution in [0.25, 0.3) is 6.08 Å². The van der Waals surface area contributed by atoms with E-state index in [1.807, 2.05) is 18.2 Å². The average Bonchev–Trinajstić information content (AvgIpc) is 3.03. The van der Waals surface area contributed by atoms with Crippen LogP contribution in [0.5, 0.6) is 0 Å². The lowest BCUT2D eigenvalue weighted by molar-refractivity contribution is -0.128. The maximum Gasteiger partial charge on any atom is 0.215 e. The number of carbonyl (C=O) groups is 1. The molecule has 1 heterocycles. The third kappa shape index (κ3) is 3.71. The molecular weight excluding hydrogens is 384 g/mol. The van der Waals surface area contributed by atoms with Gasteiger partial charge in [0.2, 0.25) is 10.0 Å². The molecule has 3 fully saturated rings. The Morgan fingerprint density at radius 3 is 2.38 bits per heavy atom. The summed E-state index contributed by atoms with van der Waals surface area (Å²) < 4.78 is 28.0. The van der Waals surface area contributed by atoms with Gasteiger partial charge in [-0.2, -0.15) is 4.31 Å². The Morgan fingerprint density at radius 1 is 1.10 bits per heavy atom. The Balaban J connectivity index is 1.34. The Kier molecular flexibility index (Phi) is 5.47. The number of benzene rings is 1. The first kappa shape index (κ1) is 20.8. The van der Waals surface area contributed by atoms with Crippen LogP contribution in [0, 0.1) is 16.7 Å². The molecule has 6 heteroatoms. The van der Waals surface area contributed by atoms with Gasteiger partial charge in [-0.15, -0.1) is 0 Å². The summed E-state index contributed by atoms with van der Waals surface area (Å²) in [4.78, 5) is 15.0. The van der Waals surface area contributed by atoms with Crippen molar-refractivity contribution in [3.63, 3.8) is 0 Å². The van der Waals surface area contributed by atoms with Gasteiger partial charge in [-0.05, 0) is 29.7 Å². The monoisotopic (exact) mass is 416 g/mol. The highest BCUT2D eigenvalue weighted by Gasteiger charge is 2.65. The summed E-state index contributed by atoms with van der Waals surface area (Å²) in [6.45, 7) is 7.49. The van der Waals surface area contributed by atoms with Gasteiger partial charge in [0, 0.05) is 44.6 Å². The SMILES string of the molecule is CC1(C)[C@H]2CCC1(CS(=O)(=O)N1CCN(CC=Cc3ccccc3)CC1)C(=O)C2. The molecule has 0 radical (unpaired) electrons. The lowest BCUT2D eigenvalue weighted by Gasteiger charge is -2.39. The molecule has 158 valence electrons. The average molecular weight is 417 g/mol. The van der Waals surface area contributed by atoms with Crippen LogP contribution in [0.1, 0.15) is 38.7 Å². The summed E-state index contributed by atoms with van der Waals surface area (Å²) in [6, 6.07) is 10.2. The van der Waals surface area contributed by atoms with Crippen molar-refractivity contribution in [2.75, 3.05) is 38.5 Å². The van der Waals surface area contributed by atoms with E-state index in [4.69, 9.17) is 0 Å². The second kappa shape index (κ2) is 7.64. The van der Waals surface area contributed by atoms with E-state index in [2.05, 4.69) is 43.0 Å². The van der Waals surface area contributed by atoms with E-state index in [0.717, 1.165) is 32.5 Å². The van der Waals surface area contributed by atoms with Crippen molar-refractivity contribution in [3.8, 4) is 0 Å². The van der Waals surface area contributed by atoms with Gasteiger partial charge in [0.05, 0.1) is 5.75 Å². The number of Topliss-reactive ketones (excluding diaryl/α,β-unsaturated/α-hetero) is 1. The van der Waals surface area contributed by atoms with Crippen molar-refractivity contribution in [1.29, 1.82) is 0 Å². The van der Waals surface area contributed by atoms with Gasteiger partial charge < -0.3 is 0 Å². The van der Waals surface area contributed by atoms with E-state index in [9.17, 15) is 13.2 Å². The van der Waals surface area contributed by atoms with E-state index in [1.54, 1.807) is 4.31 Å². The summed E-state index contributed by atoms with van der Waals surface area (Å²) >= 11 is 0. The number of sulfonamides is 1. The van der Waals surface area contributed by atoms with Crippen molar-refractivity contribution in [3.05, 3.63) is 42.0 Å². The lowest BCUT2D eigenvalue weighted by Crippen LogP contribution is -2.52. The number of hydrogen-bond acceptors (Lipinski definition) is 4. The van der Waals surface area contributed by atoms with Crippen LogP contribution in [-0.4, -0.2) is 61.9 Å². The quantitative estimate of drug-likeness (QED) is 0.715. The molecule has 0 spiro atoms. The summed E-state index contributed by atoms with van der Waals surface area (Å²) in [7, 11) is -3.43. The highest BCUT2D eigenvalue weighted by Crippen LogP contribution is 2.64. The number of fused-ring (bicyclic) bond motifs is 2. The van der Waals surface area contributed by atoms with Gasteiger partial charge in [-0.1, -0.05) is 56.3 Å². The van der Waals surface area contributed by atoms with Crippen LogP contribution in [0.4, 0.5) is 0 Å². The van der Waals surface area contributed by atoms with Gasteiger partial charge >= 0.3 is 0 Å². The third-order valence-electron chi connectivity index (χ3n) is 7.77. The van der Waals surface area contributed by atoms with Crippen molar-refractivity contribution in [1.82, 2.24) is 9.21 Å². The largest absolute Gasteiger partial charge is 0.299 e. The zero-order valence-corrected chi connectivity index (χ0v) is 18.3. The molecule has 3 aliphatic rings. The fourth-order valence-corrected chi connectivity index (χ4v) is 7.81. The van der Waals surface area contributed by atoms with Crippen LogP contribution in [0.3, 0.4) is 0 Å². The predicted molar refractivity (Wildman–Crippen MR) is 116 cm³/mol. The first-order valence-electron chi connectivity index (χ1n) is 10.7. The second-order valence-electron chi connectivity index (χ2n) is 9.44. The molecule has 1 aromatic rings. The third-order valence-corrected chi connectivity index (χ3v) is 9.78. The molecule has 4 rings (SSSR count). The number of ketones is 1. The Morgan fingerprint density at radius 2 is 1.79 bits per heavy atom. The van der Waals surface area contributed by atoms with E-state index < -0.39 is 15.4 Å². The highest BCUT2D eigenvalue weighted by atomic mass is 32.2. The van der Waals surface area contributed by atoms with Crippen LogP contribution < -0.4 is 0 Å². The van der Waals surface area contributed by atoms with Crippen molar-refractivity contribution in [2.45, 2.75) is 33.1 Å². The van der Waals surface area contributed by atoms with Gasteiger partial charge in [0.25, 0.3) is 0 Å². The minimum absolute atomic E-state index is 0.00373. The van der Waals surface area contributed by atoms with Crippen LogP contribution in [-0.2, 0) is 14.8 Å². The maximum atomic E-state index is 13.2. The topological polar surface area (TPSA) is 57.7 Å². The number of carbonyl (C=O) groups excluding carboxylic acids is 1. The van der Waals surface area contributed by atoms with Gasteiger partial charge in [0.15, 0.2) is 0 Å². The van der Waals surface area contributed by atoms with E-state index >= 15 is 0 Å². The first-order valence-corrected chi connectivity index (χ1v) is 12.3. The van der Waals surface area contributed by atoms with E-state index in [0.29, 0.717) is 25.4 Å². The molecule has 0 amide bonds. The lowest BCUT2D eigenvalue weighted by atomic mass is 9.70. The number of nitrogens with zero attached hydrogens (tertiary/aromatic N) is 2. The molecule has 5 nitrogen and oxygen atoms in total. The molecule has 2 atom stereocenters. The predicted octanol–water partition coefficient (Wildman–Crippen LogP) is 3.04. The van der Waals surface area contributed by atoms with Crippen molar-refractivity contribution in [2.24, 2.45) is 16.7 Å². The molecule has 2 aliphatic carbocycles. The smallest absolute Gasteiger partial charge is 0.215 e. The molecule has 2 saturated carbocycles. The molecule has 0 N–H and O–H groups in total. The molecule has 0 aromatic heterocycles. The zero-order valence-electron chi connectivity index (χ0n) is 17.5. The molecule has 1 unspecified atom stereocenters. The second-order valence-corrected chi connectivity index (χ2v) is 11.4. The Bertz CT molecular complexity index is 886. The number of rotatable bonds is 6.